The Kier molecular flexibility index (Phi) is 5.96. The highest BCUT2D eigenvalue weighted by atomic mass is 32.2. The molecule has 5 nitrogen and oxygen atoms in total. The molecule has 16 heavy (non-hydrogen) atoms. The fraction of sp³-hybridized carbons (Fsp3) is 0.900. The first kappa shape index (κ1) is 15.4. The molecule has 0 radical (unpaired) electrons. The monoisotopic (exact) mass is 251 g/mol. The van der Waals surface area contributed by atoms with Gasteiger partial charge >= 0.3 is 0 Å². The Morgan fingerprint density at radius 3 is 2.38 bits per heavy atom. The predicted octanol–water partition coefficient (Wildman–Crippen LogP) is 0.352. The highest BCUT2D eigenvalue weighted by Gasteiger charge is 2.30. The van der Waals surface area contributed by atoms with E-state index in [1.165, 1.54) is 0 Å². The molecule has 0 saturated heterocycles. The van der Waals surface area contributed by atoms with E-state index in [0.717, 1.165) is 12.7 Å². The van der Waals surface area contributed by atoms with Crippen LogP contribution >= 0.6 is 0 Å². The first-order valence-electron chi connectivity index (χ1n) is 5.24. The molecular formula is C10H21NO4S. The van der Waals surface area contributed by atoms with Crippen molar-refractivity contribution in [2.45, 2.75) is 31.9 Å². The van der Waals surface area contributed by atoms with Gasteiger partial charge in [0, 0.05) is 19.4 Å². The SMILES string of the molecule is CCCOCC(=O)NCC(C)(C)S(C)(=O)=O. The van der Waals surface area contributed by atoms with Gasteiger partial charge in [0.15, 0.2) is 9.84 Å². The average Bonchev–Trinajstić information content (AvgIpc) is 2.13. The molecule has 0 aliphatic heterocycles. The lowest BCUT2D eigenvalue weighted by atomic mass is 10.2. The fourth-order valence-corrected chi connectivity index (χ4v) is 1.14. The van der Waals surface area contributed by atoms with Gasteiger partial charge in [0.25, 0.3) is 0 Å². The van der Waals surface area contributed by atoms with Gasteiger partial charge in [-0.25, -0.2) is 8.42 Å². The fourth-order valence-electron chi connectivity index (χ4n) is 0.803. The number of ether oxygens (including phenoxy) is 1. The molecule has 96 valence electrons. The maximum absolute atomic E-state index is 11.3. The van der Waals surface area contributed by atoms with E-state index in [2.05, 4.69) is 5.32 Å². The molecule has 1 N–H and O–H groups in total. The zero-order chi connectivity index (χ0) is 12.8. The molecule has 0 rings (SSSR count). The van der Waals surface area contributed by atoms with E-state index in [1.54, 1.807) is 13.8 Å². The quantitative estimate of drug-likeness (QED) is 0.663. The second-order valence-corrected chi connectivity index (χ2v) is 7.01. The molecule has 6 heteroatoms. The largest absolute Gasteiger partial charge is 0.372 e. The molecule has 0 atom stereocenters. The summed E-state index contributed by atoms with van der Waals surface area (Å²) in [4.78, 5) is 11.3. The molecule has 0 saturated carbocycles. The van der Waals surface area contributed by atoms with E-state index in [0.29, 0.717) is 6.61 Å². The van der Waals surface area contributed by atoms with Crippen LogP contribution in [0.4, 0.5) is 0 Å². The van der Waals surface area contributed by atoms with Crippen molar-refractivity contribution in [3.05, 3.63) is 0 Å². The van der Waals surface area contributed by atoms with Gasteiger partial charge in [0.1, 0.15) is 6.61 Å². The number of sulfone groups is 1. The van der Waals surface area contributed by atoms with E-state index >= 15 is 0 Å². The predicted molar refractivity (Wildman–Crippen MR) is 63.0 cm³/mol. The third-order valence-electron chi connectivity index (χ3n) is 2.30. The lowest BCUT2D eigenvalue weighted by Gasteiger charge is -2.22. The first-order chi connectivity index (χ1) is 7.20. The maximum Gasteiger partial charge on any atom is 0.246 e. The topological polar surface area (TPSA) is 72.5 Å². The number of carbonyl (C=O) groups excluding carboxylic acids is 1. The molecule has 0 aromatic rings. The van der Waals surface area contributed by atoms with Crippen LogP contribution in [0, 0.1) is 0 Å². The Hall–Kier alpha value is -0.620. The van der Waals surface area contributed by atoms with Crippen molar-refractivity contribution in [1.29, 1.82) is 0 Å². The van der Waals surface area contributed by atoms with E-state index in [-0.39, 0.29) is 19.1 Å². The molecule has 0 aliphatic rings. The Balaban J connectivity index is 4.01. The lowest BCUT2D eigenvalue weighted by molar-refractivity contribution is -0.125. The molecule has 0 bridgehead atoms. The molecule has 0 aromatic heterocycles. The van der Waals surface area contributed by atoms with Crippen molar-refractivity contribution in [2.75, 3.05) is 26.0 Å². The van der Waals surface area contributed by atoms with Gasteiger partial charge in [-0.3, -0.25) is 4.79 Å². The second-order valence-electron chi connectivity index (χ2n) is 4.36. The normalized spacial score (nSPS) is 12.5. The van der Waals surface area contributed by atoms with Crippen molar-refractivity contribution in [2.24, 2.45) is 0 Å². The van der Waals surface area contributed by atoms with Crippen molar-refractivity contribution in [1.82, 2.24) is 5.32 Å². The van der Waals surface area contributed by atoms with Crippen molar-refractivity contribution in [3.8, 4) is 0 Å². The Bertz CT molecular complexity index is 322. The van der Waals surface area contributed by atoms with Crippen LogP contribution in [-0.2, 0) is 19.4 Å². The summed E-state index contributed by atoms with van der Waals surface area (Å²) in [6.07, 6.45) is 2.01. The minimum Gasteiger partial charge on any atom is -0.372 e. The molecule has 0 heterocycles. The first-order valence-corrected chi connectivity index (χ1v) is 7.14. The van der Waals surface area contributed by atoms with Gasteiger partial charge in [0.05, 0.1) is 4.75 Å². The van der Waals surface area contributed by atoms with Crippen molar-refractivity contribution >= 4 is 15.7 Å². The molecule has 0 unspecified atom stereocenters. The van der Waals surface area contributed by atoms with Crippen LogP contribution in [0.2, 0.25) is 0 Å². The molecule has 1 amide bonds. The molecule has 0 aromatic carbocycles. The van der Waals surface area contributed by atoms with Crippen LogP contribution in [0.1, 0.15) is 27.2 Å². The molecule has 0 spiro atoms. The highest BCUT2D eigenvalue weighted by Crippen LogP contribution is 2.13. The summed E-state index contributed by atoms with van der Waals surface area (Å²) in [6.45, 7) is 5.71. The summed E-state index contributed by atoms with van der Waals surface area (Å²) < 4.78 is 26.8. The van der Waals surface area contributed by atoms with Crippen LogP contribution in [0.25, 0.3) is 0 Å². The summed E-state index contributed by atoms with van der Waals surface area (Å²) in [5.74, 6) is -0.287. The third-order valence-corrected chi connectivity index (χ3v) is 4.45. The molecular weight excluding hydrogens is 230 g/mol. The minimum atomic E-state index is -3.18. The minimum absolute atomic E-state index is 0.0202. The van der Waals surface area contributed by atoms with E-state index in [4.69, 9.17) is 4.74 Å². The van der Waals surface area contributed by atoms with Crippen molar-refractivity contribution < 1.29 is 17.9 Å². The zero-order valence-electron chi connectivity index (χ0n) is 10.4. The van der Waals surface area contributed by atoms with Crippen LogP contribution in [0.5, 0.6) is 0 Å². The van der Waals surface area contributed by atoms with Crippen LogP contribution in [-0.4, -0.2) is 45.1 Å². The number of carbonyl (C=O) groups is 1. The Morgan fingerprint density at radius 1 is 1.38 bits per heavy atom. The number of amides is 1. The standard InChI is InChI=1S/C10H21NO4S/c1-5-6-15-7-9(12)11-8-10(2,3)16(4,13)14/h5-8H2,1-4H3,(H,11,12). The van der Waals surface area contributed by atoms with Crippen LogP contribution in [0.15, 0.2) is 0 Å². The number of hydrogen-bond acceptors (Lipinski definition) is 4. The Labute approximate surface area is 97.5 Å². The van der Waals surface area contributed by atoms with Gasteiger partial charge in [-0.1, -0.05) is 6.92 Å². The summed E-state index contributed by atoms with van der Waals surface area (Å²) in [5.41, 5.74) is 0. The summed E-state index contributed by atoms with van der Waals surface area (Å²) in [6, 6.07) is 0. The van der Waals surface area contributed by atoms with Crippen LogP contribution in [0.3, 0.4) is 0 Å². The van der Waals surface area contributed by atoms with Gasteiger partial charge < -0.3 is 10.1 Å². The average molecular weight is 251 g/mol. The third kappa shape index (κ3) is 5.46. The van der Waals surface area contributed by atoms with E-state index in [1.807, 2.05) is 6.92 Å². The van der Waals surface area contributed by atoms with E-state index in [9.17, 15) is 13.2 Å². The van der Waals surface area contributed by atoms with Gasteiger partial charge in [-0.15, -0.1) is 0 Å². The maximum atomic E-state index is 11.3. The number of nitrogens with one attached hydrogen (secondary N) is 1. The van der Waals surface area contributed by atoms with Crippen LogP contribution < -0.4 is 5.32 Å². The van der Waals surface area contributed by atoms with E-state index < -0.39 is 14.6 Å². The second kappa shape index (κ2) is 6.20. The van der Waals surface area contributed by atoms with Gasteiger partial charge in [-0.05, 0) is 20.3 Å². The summed E-state index contributed by atoms with van der Waals surface area (Å²) >= 11 is 0. The zero-order valence-corrected chi connectivity index (χ0v) is 11.2. The molecule has 0 fully saturated rings. The Morgan fingerprint density at radius 2 is 1.94 bits per heavy atom. The van der Waals surface area contributed by atoms with Gasteiger partial charge in [-0.2, -0.15) is 0 Å². The van der Waals surface area contributed by atoms with Crippen molar-refractivity contribution in [3.63, 3.8) is 0 Å². The number of hydrogen-bond donors (Lipinski definition) is 1. The highest BCUT2D eigenvalue weighted by molar-refractivity contribution is 7.92. The molecule has 0 aliphatic carbocycles. The lowest BCUT2D eigenvalue weighted by Crippen LogP contribution is -2.44. The summed E-state index contributed by atoms with van der Waals surface area (Å²) in [7, 11) is -3.18. The number of rotatable bonds is 7. The summed E-state index contributed by atoms with van der Waals surface area (Å²) in [5, 5.41) is 2.55. The smallest absolute Gasteiger partial charge is 0.246 e. The van der Waals surface area contributed by atoms with Gasteiger partial charge in [0.2, 0.25) is 5.91 Å².